The third-order valence-electron chi connectivity index (χ3n) is 2.12. The summed E-state index contributed by atoms with van der Waals surface area (Å²) < 4.78 is 30.3. The molecule has 15 heavy (non-hydrogen) atoms. The molecule has 1 aromatic heterocycles. The molecule has 1 aromatic carbocycles. The van der Waals surface area contributed by atoms with Gasteiger partial charge in [0.2, 0.25) is 0 Å². The van der Waals surface area contributed by atoms with E-state index in [1.54, 1.807) is 6.07 Å². The van der Waals surface area contributed by atoms with Gasteiger partial charge in [-0.3, -0.25) is 0 Å². The van der Waals surface area contributed by atoms with Crippen molar-refractivity contribution in [2.24, 2.45) is 0 Å². The minimum atomic E-state index is -1.00. The Kier molecular flexibility index (Phi) is 2.51. The van der Waals surface area contributed by atoms with E-state index in [-0.39, 0.29) is 5.56 Å². The van der Waals surface area contributed by atoms with Gasteiger partial charge in [0.05, 0.1) is 12.5 Å². The third kappa shape index (κ3) is 1.89. The van der Waals surface area contributed by atoms with Crippen LogP contribution >= 0.6 is 0 Å². The zero-order chi connectivity index (χ0) is 10.8. The number of hydrogen-bond donors (Lipinski definition) is 1. The maximum Gasteiger partial charge on any atom is 0.159 e. The fourth-order valence-corrected chi connectivity index (χ4v) is 1.31. The Morgan fingerprint density at radius 2 is 1.87 bits per heavy atom. The van der Waals surface area contributed by atoms with Gasteiger partial charge in [0.1, 0.15) is 6.10 Å². The Hall–Kier alpha value is -1.68. The first-order chi connectivity index (χ1) is 7.18. The average Bonchev–Trinajstić information content (AvgIpc) is 2.74. The van der Waals surface area contributed by atoms with E-state index >= 15 is 0 Å². The van der Waals surface area contributed by atoms with Crippen molar-refractivity contribution in [2.75, 3.05) is 0 Å². The highest BCUT2D eigenvalue weighted by molar-refractivity contribution is 5.28. The van der Waals surface area contributed by atoms with Gasteiger partial charge in [-0.2, -0.15) is 0 Å². The summed E-state index contributed by atoms with van der Waals surface area (Å²) in [6.07, 6.45) is 1.75. The van der Waals surface area contributed by atoms with Gasteiger partial charge in [0.25, 0.3) is 0 Å². The smallest absolute Gasteiger partial charge is 0.159 e. The molecular weight excluding hydrogens is 202 g/mol. The molecule has 1 N–H and O–H groups in total. The molecular formula is C11H8F2O2. The highest BCUT2D eigenvalue weighted by Gasteiger charge is 2.13. The fraction of sp³-hybridized carbons (Fsp3) is 0.0909. The molecule has 0 fully saturated rings. The topological polar surface area (TPSA) is 33.4 Å². The van der Waals surface area contributed by atoms with E-state index in [0.29, 0.717) is 5.56 Å². The van der Waals surface area contributed by atoms with Gasteiger partial charge in [0.15, 0.2) is 11.6 Å². The number of benzene rings is 1. The van der Waals surface area contributed by atoms with Crippen LogP contribution in [0.25, 0.3) is 0 Å². The maximum atomic E-state index is 12.9. The zero-order valence-electron chi connectivity index (χ0n) is 7.65. The van der Waals surface area contributed by atoms with Crippen molar-refractivity contribution in [3.63, 3.8) is 0 Å². The summed E-state index contributed by atoms with van der Waals surface area (Å²) in [6, 6.07) is 4.84. The molecule has 0 spiro atoms. The molecule has 0 saturated heterocycles. The molecule has 0 aliphatic carbocycles. The zero-order valence-corrected chi connectivity index (χ0v) is 7.65. The molecule has 2 rings (SSSR count). The standard InChI is InChI=1S/C11H8F2O2/c12-9-2-1-7(5-10(9)13)11(14)8-3-4-15-6-8/h1-6,11,14H. The molecule has 0 amide bonds. The molecule has 0 saturated carbocycles. The molecule has 0 radical (unpaired) electrons. The van der Waals surface area contributed by atoms with Crippen molar-refractivity contribution in [2.45, 2.75) is 6.10 Å². The summed E-state index contributed by atoms with van der Waals surface area (Å²) in [5.74, 6) is -1.91. The first-order valence-corrected chi connectivity index (χ1v) is 4.33. The molecule has 0 aliphatic heterocycles. The summed E-state index contributed by atoms with van der Waals surface area (Å²) in [5.41, 5.74) is 0.788. The molecule has 1 atom stereocenters. The van der Waals surface area contributed by atoms with Gasteiger partial charge in [-0.05, 0) is 23.8 Å². The Morgan fingerprint density at radius 3 is 2.47 bits per heavy atom. The second-order valence-corrected chi connectivity index (χ2v) is 3.13. The van der Waals surface area contributed by atoms with Gasteiger partial charge >= 0.3 is 0 Å². The lowest BCUT2D eigenvalue weighted by Gasteiger charge is -2.08. The predicted octanol–water partition coefficient (Wildman–Crippen LogP) is 2.64. The van der Waals surface area contributed by atoms with Crippen LogP contribution in [0.1, 0.15) is 17.2 Å². The van der Waals surface area contributed by atoms with Crippen LogP contribution in [-0.2, 0) is 0 Å². The van der Waals surface area contributed by atoms with E-state index < -0.39 is 17.7 Å². The third-order valence-corrected chi connectivity index (χ3v) is 2.12. The molecule has 2 aromatic rings. The summed E-state index contributed by atoms with van der Waals surface area (Å²) in [6.45, 7) is 0. The molecule has 1 unspecified atom stereocenters. The largest absolute Gasteiger partial charge is 0.472 e. The quantitative estimate of drug-likeness (QED) is 0.826. The van der Waals surface area contributed by atoms with Crippen molar-refractivity contribution in [1.29, 1.82) is 0 Å². The second-order valence-electron chi connectivity index (χ2n) is 3.13. The lowest BCUT2D eigenvalue weighted by molar-refractivity contribution is 0.218. The summed E-state index contributed by atoms with van der Waals surface area (Å²) >= 11 is 0. The molecule has 0 bridgehead atoms. The Labute approximate surface area is 84.8 Å². The number of halogens is 2. The number of hydrogen-bond acceptors (Lipinski definition) is 2. The SMILES string of the molecule is OC(c1ccoc1)c1ccc(F)c(F)c1. The van der Waals surface area contributed by atoms with E-state index in [1.165, 1.54) is 18.6 Å². The molecule has 4 heteroatoms. The maximum absolute atomic E-state index is 12.9. The Bertz CT molecular complexity index is 452. The minimum absolute atomic E-state index is 0.287. The van der Waals surface area contributed by atoms with E-state index in [0.717, 1.165) is 12.1 Å². The van der Waals surface area contributed by atoms with Gasteiger partial charge in [-0.25, -0.2) is 8.78 Å². The number of furan rings is 1. The highest BCUT2D eigenvalue weighted by Crippen LogP contribution is 2.23. The van der Waals surface area contributed by atoms with Crippen LogP contribution in [0.2, 0.25) is 0 Å². The highest BCUT2D eigenvalue weighted by atomic mass is 19.2. The minimum Gasteiger partial charge on any atom is -0.472 e. The number of aliphatic hydroxyl groups excluding tert-OH is 1. The summed E-state index contributed by atoms with van der Waals surface area (Å²) in [7, 11) is 0. The van der Waals surface area contributed by atoms with E-state index in [9.17, 15) is 13.9 Å². The fourth-order valence-electron chi connectivity index (χ4n) is 1.31. The van der Waals surface area contributed by atoms with Crippen molar-refractivity contribution in [1.82, 2.24) is 0 Å². The van der Waals surface area contributed by atoms with E-state index in [1.807, 2.05) is 0 Å². The average molecular weight is 210 g/mol. The first-order valence-electron chi connectivity index (χ1n) is 4.33. The van der Waals surface area contributed by atoms with Crippen molar-refractivity contribution < 1.29 is 18.3 Å². The van der Waals surface area contributed by atoms with Gasteiger partial charge in [0, 0.05) is 5.56 Å². The molecule has 78 valence electrons. The van der Waals surface area contributed by atoms with Crippen LogP contribution in [0.4, 0.5) is 8.78 Å². The normalized spacial score (nSPS) is 12.7. The lowest BCUT2D eigenvalue weighted by Crippen LogP contribution is -1.99. The molecule has 0 aliphatic rings. The predicted molar refractivity (Wildman–Crippen MR) is 49.1 cm³/mol. The van der Waals surface area contributed by atoms with Crippen LogP contribution in [0.3, 0.4) is 0 Å². The Morgan fingerprint density at radius 1 is 1.07 bits per heavy atom. The van der Waals surface area contributed by atoms with Crippen LogP contribution in [0.15, 0.2) is 41.2 Å². The van der Waals surface area contributed by atoms with Crippen molar-refractivity contribution >= 4 is 0 Å². The number of rotatable bonds is 2. The van der Waals surface area contributed by atoms with Gasteiger partial charge in [-0.15, -0.1) is 0 Å². The van der Waals surface area contributed by atoms with Crippen LogP contribution in [0, 0.1) is 11.6 Å². The van der Waals surface area contributed by atoms with Crippen LogP contribution in [-0.4, -0.2) is 5.11 Å². The molecule has 1 heterocycles. The van der Waals surface area contributed by atoms with Crippen LogP contribution < -0.4 is 0 Å². The Balaban J connectivity index is 2.34. The first kappa shape index (κ1) is 9.86. The lowest BCUT2D eigenvalue weighted by atomic mass is 10.0. The van der Waals surface area contributed by atoms with Crippen molar-refractivity contribution in [3.05, 3.63) is 59.6 Å². The summed E-state index contributed by atoms with van der Waals surface area (Å²) in [4.78, 5) is 0. The summed E-state index contributed by atoms with van der Waals surface area (Å²) in [5, 5.41) is 9.75. The monoisotopic (exact) mass is 210 g/mol. The van der Waals surface area contributed by atoms with Crippen molar-refractivity contribution in [3.8, 4) is 0 Å². The molecule has 2 nitrogen and oxygen atoms in total. The van der Waals surface area contributed by atoms with E-state index in [4.69, 9.17) is 4.42 Å². The number of aliphatic hydroxyl groups is 1. The van der Waals surface area contributed by atoms with Crippen LogP contribution in [0.5, 0.6) is 0 Å². The van der Waals surface area contributed by atoms with Gasteiger partial charge in [-0.1, -0.05) is 6.07 Å². The second kappa shape index (κ2) is 3.82. The van der Waals surface area contributed by atoms with Gasteiger partial charge < -0.3 is 9.52 Å². The van der Waals surface area contributed by atoms with E-state index in [2.05, 4.69) is 0 Å².